The van der Waals surface area contributed by atoms with Crippen LogP contribution in [-0.4, -0.2) is 35.5 Å². The molecule has 0 bridgehead atoms. The van der Waals surface area contributed by atoms with Crippen LogP contribution in [0.4, 0.5) is 0 Å². The first-order valence-electron chi connectivity index (χ1n) is 4.83. The molecule has 0 aromatic carbocycles. The number of nitrogens with two attached hydrogens (primary N) is 1. The second-order valence-corrected chi connectivity index (χ2v) is 4.68. The van der Waals surface area contributed by atoms with Gasteiger partial charge in [0, 0.05) is 19.4 Å². The summed E-state index contributed by atoms with van der Waals surface area (Å²) in [5.41, 5.74) is 0.343. The van der Waals surface area contributed by atoms with E-state index in [0.29, 0.717) is 5.54 Å². The third kappa shape index (κ3) is 4.18. The SMILES string of the molecule is CN1[CH]N(CC[NH2+]C(C)(C)C)C=C1. The molecule has 0 aromatic heterocycles. The van der Waals surface area contributed by atoms with E-state index >= 15 is 0 Å². The minimum atomic E-state index is 0.343. The molecule has 13 heavy (non-hydrogen) atoms. The molecule has 0 amide bonds. The fraction of sp³-hybridized carbons (Fsp3) is 0.700. The Kier molecular flexibility index (Phi) is 3.20. The van der Waals surface area contributed by atoms with Crippen LogP contribution in [0.5, 0.6) is 0 Å². The second kappa shape index (κ2) is 4.01. The lowest BCUT2D eigenvalue weighted by molar-refractivity contribution is -0.716. The van der Waals surface area contributed by atoms with E-state index in [0.717, 1.165) is 13.1 Å². The molecule has 75 valence electrons. The summed E-state index contributed by atoms with van der Waals surface area (Å²) < 4.78 is 0. The van der Waals surface area contributed by atoms with Gasteiger partial charge in [-0.15, -0.1) is 0 Å². The predicted octanol–water partition coefficient (Wildman–Crippen LogP) is 0.186. The van der Waals surface area contributed by atoms with Gasteiger partial charge in [-0.2, -0.15) is 0 Å². The van der Waals surface area contributed by atoms with Crippen LogP contribution in [0.2, 0.25) is 0 Å². The van der Waals surface area contributed by atoms with Crippen molar-refractivity contribution >= 4 is 0 Å². The van der Waals surface area contributed by atoms with Crippen LogP contribution < -0.4 is 5.32 Å². The maximum atomic E-state index is 2.37. The molecule has 1 aliphatic rings. The zero-order valence-electron chi connectivity index (χ0n) is 9.12. The first-order chi connectivity index (χ1) is 5.97. The lowest BCUT2D eigenvalue weighted by atomic mass is 10.1. The van der Waals surface area contributed by atoms with Gasteiger partial charge in [0.25, 0.3) is 0 Å². The van der Waals surface area contributed by atoms with Crippen LogP contribution in [0.3, 0.4) is 0 Å². The number of quaternary nitrogens is 1. The lowest BCUT2D eigenvalue weighted by Gasteiger charge is -2.20. The van der Waals surface area contributed by atoms with Gasteiger partial charge in [-0.3, -0.25) is 0 Å². The van der Waals surface area contributed by atoms with E-state index in [9.17, 15) is 0 Å². The van der Waals surface area contributed by atoms with Crippen molar-refractivity contribution in [1.82, 2.24) is 9.80 Å². The summed E-state index contributed by atoms with van der Waals surface area (Å²) in [6, 6.07) is 0. The highest BCUT2D eigenvalue weighted by molar-refractivity contribution is 4.94. The molecule has 1 heterocycles. The van der Waals surface area contributed by atoms with Gasteiger partial charge in [0.1, 0.15) is 6.67 Å². The summed E-state index contributed by atoms with van der Waals surface area (Å²) in [5, 5.41) is 2.37. The normalized spacial score (nSPS) is 17.2. The fourth-order valence-corrected chi connectivity index (χ4v) is 1.28. The van der Waals surface area contributed by atoms with Crippen LogP contribution in [0.1, 0.15) is 20.8 Å². The molecule has 0 aliphatic carbocycles. The van der Waals surface area contributed by atoms with Gasteiger partial charge in [0.05, 0.1) is 18.6 Å². The van der Waals surface area contributed by atoms with Gasteiger partial charge in [0.15, 0.2) is 0 Å². The van der Waals surface area contributed by atoms with Gasteiger partial charge in [-0.05, 0) is 20.8 Å². The molecule has 1 rings (SSSR count). The highest BCUT2D eigenvalue weighted by Gasteiger charge is 2.14. The zero-order valence-corrected chi connectivity index (χ0v) is 9.12. The van der Waals surface area contributed by atoms with Crippen molar-refractivity contribution in [2.75, 3.05) is 20.1 Å². The lowest BCUT2D eigenvalue weighted by Crippen LogP contribution is -2.95. The molecule has 0 spiro atoms. The van der Waals surface area contributed by atoms with Crippen LogP contribution in [0.25, 0.3) is 0 Å². The molecule has 0 saturated heterocycles. The number of rotatable bonds is 3. The van der Waals surface area contributed by atoms with Gasteiger partial charge >= 0.3 is 0 Å². The van der Waals surface area contributed by atoms with E-state index in [1.807, 2.05) is 7.05 Å². The van der Waals surface area contributed by atoms with Crippen molar-refractivity contribution in [3.05, 3.63) is 19.1 Å². The summed E-state index contributed by atoms with van der Waals surface area (Å²) in [6.07, 6.45) is 4.17. The Morgan fingerprint density at radius 1 is 1.23 bits per heavy atom. The maximum absolute atomic E-state index is 2.37. The Hall–Kier alpha value is -0.700. The van der Waals surface area contributed by atoms with Crippen LogP contribution in [0.15, 0.2) is 12.4 Å². The first-order valence-corrected chi connectivity index (χ1v) is 4.83. The van der Waals surface area contributed by atoms with Crippen LogP contribution >= 0.6 is 0 Å². The monoisotopic (exact) mass is 183 g/mol. The summed E-state index contributed by atoms with van der Waals surface area (Å²) in [5.74, 6) is 0. The van der Waals surface area contributed by atoms with Crippen molar-refractivity contribution in [2.45, 2.75) is 26.3 Å². The molecule has 1 aliphatic heterocycles. The van der Waals surface area contributed by atoms with Crippen LogP contribution in [-0.2, 0) is 0 Å². The smallest absolute Gasteiger partial charge is 0.141 e. The Balaban J connectivity index is 2.11. The molecular weight excluding hydrogens is 162 g/mol. The van der Waals surface area contributed by atoms with E-state index in [-0.39, 0.29) is 0 Å². The summed E-state index contributed by atoms with van der Waals surface area (Å²) in [6.45, 7) is 11.0. The topological polar surface area (TPSA) is 23.1 Å². The molecule has 1 radical (unpaired) electrons. The second-order valence-electron chi connectivity index (χ2n) is 4.68. The molecule has 0 unspecified atom stereocenters. The number of hydrogen-bond donors (Lipinski definition) is 1. The highest BCUT2D eigenvalue weighted by atomic mass is 15.3. The van der Waals surface area contributed by atoms with E-state index in [4.69, 9.17) is 0 Å². The quantitative estimate of drug-likeness (QED) is 0.675. The molecule has 3 nitrogen and oxygen atoms in total. The largest absolute Gasteiger partial charge is 0.356 e. The van der Waals surface area contributed by atoms with E-state index in [1.54, 1.807) is 0 Å². The molecule has 0 aromatic rings. The molecular formula is C10H21N3+. The molecule has 0 atom stereocenters. The van der Waals surface area contributed by atoms with Crippen molar-refractivity contribution in [1.29, 1.82) is 0 Å². The maximum Gasteiger partial charge on any atom is 0.141 e. The Morgan fingerprint density at radius 2 is 1.92 bits per heavy atom. The molecule has 0 fully saturated rings. The van der Waals surface area contributed by atoms with Crippen molar-refractivity contribution in [2.24, 2.45) is 0 Å². The van der Waals surface area contributed by atoms with Crippen molar-refractivity contribution in [3.63, 3.8) is 0 Å². The number of nitrogens with zero attached hydrogens (tertiary/aromatic N) is 2. The summed E-state index contributed by atoms with van der Waals surface area (Å²) in [4.78, 5) is 4.28. The van der Waals surface area contributed by atoms with E-state index < -0.39 is 0 Å². The zero-order chi connectivity index (χ0) is 9.90. The average molecular weight is 183 g/mol. The van der Waals surface area contributed by atoms with Crippen molar-refractivity contribution in [3.8, 4) is 0 Å². The third-order valence-corrected chi connectivity index (χ3v) is 1.97. The minimum absolute atomic E-state index is 0.343. The predicted molar refractivity (Wildman–Crippen MR) is 54.5 cm³/mol. The van der Waals surface area contributed by atoms with Crippen molar-refractivity contribution < 1.29 is 5.32 Å². The van der Waals surface area contributed by atoms with Gasteiger partial charge in [-0.25, -0.2) is 0 Å². The molecule has 0 saturated carbocycles. The highest BCUT2D eigenvalue weighted by Crippen LogP contribution is 2.06. The minimum Gasteiger partial charge on any atom is -0.356 e. The van der Waals surface area contributed by atoms with Gasteiger partial charge in [-0.1, -0.05) is 0 Å². The summed E-state index contributed by atoms with van der Waals surface area (Å²) >= 11 is 0. The average Bonchev–Trinajstić information content (AvgIpc) is 2.33. The molecule has 3 heteroatoms. The van der Waals surface area contributed by atoms with Gasteiger partial charge in [0.2, 0.25) is 0 Å². The molecule has 2 N–H and O–H groups in total. The summed E-state index contributed by atoms with van der Waals surface area (Å²) in [7, 11) is 2.05. The fourth-order valence-electron chi connectivity index (χ4n) is 1.28. The third-order valence-electron chi connectivity index (χ3n) is 1.97. The van der Waals surface area contributed by atoms with E-state index in [1.165, 1.54) is 0 Å². The Bertz CT molecular complexity index is 181. The Morgan fingerprint density at radius 3 is 2.38 bits per heavy atom. The van der Waals surface area contributed by atoms with E-state index in [2.05, 4.69) is 55.0 Å². The first kappa shape index (κ1) is 10.4. The Labute approximate surface area is 81.4 Å². The standard InChI is InChI=1S/C10H20N3/c1-10(2,3)11-5-6-13-8-7-12(4)9-13/h7-9,11H,5-6H2,1-4H3/p+1. The van der Waals surface area contributed by atoms with Gasteiger partial charge < -0.3 is 15.1 Å². The number of hydrogen-bond acceptors (Lipinski definition) is 2. The van der Waals surface area contributed by atoms with Crippen LogP contribution in [0, 0.1) is 6.67 Å².